The molecule has 25 heavy (non-hydrogen) atoms. The minimum absolute atomic E-state index is 0.0335. The van der Waals surface area contributed by atoms with Crippen LogP contribution in [-0.4, -0.2) is 28.4 Å². The van der Waals surface area contributed by atoms with Crippen molar-refractivity contribution in [2.75, 3.05) is 7.11 Å². The summed E-state index contributed by atoms with van der Waals surface area (Å²) in [6, 6.07) is 11.3. The number of carbonyl (C=O) groups is 1. The zero-order chi connectivity index (χ0) is 17.8. The second kappa shape index (κ2) is 7.00. The molecule has 7 nitrogen and oxygen atoms in total. The molecule has 0 saturated heterocycles. The van der Waals surface area contributed by atoms with E-state index in [9.17, 15) is 9.18 Å². The number of para-hydroxylation sites is 1. The number of halogens is 1. The van der Waals surface area contributed by atoms with Crippen LogP contribution in [0.1, 0.15) is 16.1 Å². The fraction of sp³-hybridized carbons (Fsp3) is 0.118. The third-order valence-corrected chi connectivity index (χ3v) is 3.55. The van der Waals surface area contributed by atoms with Crippen LogP contribution in [0.15, 0.2) is 42.5 Å². The first kappa shape index (κ1) is 16.4. The third kappa shape index (κ3) is 3.42. The molecule has 128 valence electrons. The van der Waals surface area contributed by atoms with Crippen LogP contribution in [0.3, 0.4) is 0 Å². The maximum absolute atomic E-state index is 13.7. The minimum Gasteiger partial charge on any atom is -0.496 e. The third-order valence-electron chi connectivity index (χ3n) is 3.55. The number of amides is 1. The Kier molecular flexibility index (Phi) is 4.60. The summed E-state index contributed by atoms with van der Waals surface area (Å²) in [5.41, 5.74) is 6.91. The predicted molar refractivity (Wildman–Crippen MR) is 87.6 cm³/mol. The lowest BCUT2D eigenvalue weighted by Gasteiger charge is -2.12. The van der Waals surface area contributed by atoms with Crippen LogP contribution < -0.4 is 15.2 Å². The number of hydrogen-bond acceptors (Lipinski definition) is 5. The number of hydrogen-bond donors (Lipinski definition) is 2. The average Bonchev–Trinajstić information content (AvgIpc) is 3.11. The van der Waals surface area contributed by atoms with Crippen molar-refractivity contribution in [3.8, 4) is 22.8 Å². The summed E-state index contributed by atoms with van der Waals surface area (Å²) >= 11 is 0. The van der Waals surface area contributed by atoms with Crippen LogP contribution in [0.25, 0.3) is 11.3 Å². The predicted octanol–water partition coefficient (Wildman–Crippen LogP) is 2.30. The van der Waals surface area contributed by atoms with Gasteiger partial charge in [0.1, 0.15) is 18.1 Å². The molecule has 3 aromatic rings. The van der Waals surface area contributed by atoms with Crippen LogP contribution in [0.4, 0.5) is 4.39 Å². The maximum atomic E-state index is 13.7. The molecule has 0 aliphatic carbocycles. The van der Waals surface area contributed by atoms with Gasteiger partial charge in [0.05, 0.1) is 7.11 Å². The first-order chi connectivity index (χ1) is 12.1. The maximum Gasteiger partial charge on any atom is 0.271 e. The number of carbonyl (C=O) groups excluding carboxylic acids is 1. The molecule has 0 aliphatic heterocycles. The smallest absolute Gasteiger partial charge is 0.271 e. The van der Waals surface area contributed by atoms with Crippen molar-refractivity contribution in [3.05, 3.63) is 59.5 Å². The number of nitrogens with one attached hydrogen (secondary N) is 1. The van der Waals surface area contributed by atoms with Gasteiger partial charge in [0, 0.05) is 11.1 Å². The Hall–Kier alpha value is -3.42. The Morgan fingerprint density at radius 1 is 1.20 bits per heavy atom. The van der Waals surface area contributed by atoms with Gasteiger partial charge in [-0.15, -0.1) is 0 Å². The quantitative estimate of drug-likeness (QED) is 0.715. The summed E-state index contributed by atoms with van der Waals surface area (Å²) in [6.07, 6.45) is 0. The molecule has 1 aromatic heterocycles. The molecule has 0 unspecified atom stereocenters. The van der Waals surface area contributed by atoms with Gasteiger partial charge in [0.2, 0.25) is 0 Å². The molecule has 3 N–H and O–H groups in total. The Bertz CT molecular complexity index is 910. The van der Waals surface area contributed by atoms with Crippen molar-refractivity contribution >= 4 is 5.91 Å². The average molecular weight is 342 g/mol. The van der Waals surface area contributed by atoms with Gasteiger partial charge in [-0.2, -0.15) is 15.4 Å². The number of ether oxygens (including phenoxy) is 2. The number of benzene rings is 2. The molecule has 0 saturated carbocycles. The van der Waals surface area contributed by atoms with Crippen LogP contribution >= 0.6 is 0 Å². The van der Waals surface area contributed by atoms with E-state index in [2.05, 4.69) is 15.4 Å². The summed E-state index contributed by atoms with van der Waals surface area (Å²) in [5.74, 6) is -0.452. The Labute approximate surface area is 142 Å². The fourth-order valence-corrected chi connectivity index (χ4v) is 2.36. The molecule has 0 aliphatic rings. The fourth-order valence-electron chi connectivity index (χ4n) is 2.36. The number of primary amides is 1. The Balaban J connectivity index is 1.91. The largest absolute Gasteiger partial charge is 0.496 e. The molecule has 0 spiro atoms. The number of methoxy groups -OCH3 is 1. The number of rotatable bonds is 6. The highest BCUT2D eigenvalue weighted by Crippen LogP contribution is 2.28. The normalized spacial score (nSPS) is 10.5. The van der Waals surface area contributed by atoms with E-state index < -0.39 is 11.7 Å². The summed E-state index contributed by atoms with van der Waals surface area (Å²) < 4.78 is 24.5. The lowest BCUT2D eigenvalue weighted by atomic mass is 10.1. The molecule has 8 heteroatoms. The van der Waals surface area contributed by atoms with E-state index in [1.807, 2.05) is 0 Å². The highest BCUT2D eigenvalue weighted by atomic mass is 19.1. The van der Waals surface area contributed by atoms with E-state index in [1.165, 1.54) is 19.2 Å². The van der Waals surface area contributed by atoms with E-state index >= 15 is 0 Å². The molecular weight excluding hydrogens is 327 g/mol. The summed E-state index contributed by atoms with van der Waals surface area (Å²) in [5, 5.41) is 10.1. The van der Waals surface area contributed by atoms with Gasteiger partial charge >= 0.3 is 0 Å². The number of nitrogens with two attached hydrogens (primary N) is 1. The lowest BCUT2D eigenvalue weighted by molar-refractivity contribution is 0.0996. The molecule has 0 fully saturated rings. The Morgan fingerprint density at radius 3 is 2.72 bits per heavy atom. The summed E-state index contributed by atoms with van der Waals surface area (Å²) in [4.78, 5) is 11.4. The number of aromatic nitrogens is 3. The van der Waals surface area contributed by atoms with E-state index in [0.717, 1.165) is 0 Å². The van der Waals surface area contributed by atoms with Crippen LogP contribution in [0.5, 0.6) is 11.5 Å². The first-order valence-corrected chi connectivity index (χ1v) is 7.35. The number of H-pyrrole nitrogens is 1. The number of aromatic amines is 1. The molecule has 0 atom stereocenters. The first-order valence-electron chi connectivity index (χ1n) is 7.35. The van der Waals surface area contributed by atoms with Crippen molar-refractivity contribution < 1.29 is 18.7 Å². The second-order valence-electron chi connectivity index (χ2n) is 5.13. The van der Waals surface area contributed by atoms with Gasteiger partial charge in [-0.1, -0.05) is 12.1 Å². The van der Waals surface area contributed by atoms with Crippen molar-refractivity contribution in [1.29, 1.82) is 0 Å². The zero-order valence-electron chi connectivity index (χ0n) is 13.3. The standard InChI is InChI=1S/C17H15FN4O3/c1-24-13-7-6-10(15-16(17(19)23)21-22-20-15)8-11(13)9-25-14-5-3-2-4-12(14)18/h2-8H,9H2,1H3,(H2,19,23)(H,20,21,22). The molecule has 0 radical (unpaired) electrons. The van der Waals surface area contributed by atoms with Gasteiger partial charge in [-0.25, -0.2) is 4.39 Å². The van der Waals surface area contributed by atoms with Crippen LogP contribution in [0.2, 0.25) is 0 Å². The van der Waals surface area contributed by atoms with Gasteiger partial charge in [-0.05, 0) is 30.3 Å². The van der Waals surface area contributed by atoms with Gasteiger partial charge in [0.25, 0.3) is 5.91 Å². The van der Waals surface area contributed by atoms with Gasteiger partial charge in [0.15, 0.2) is 17.3 Å². The highest BCUT2D eigenvalue weighted by molar-refractivity contribution is 5.96. The zero-order valence-corrected chi connectivity index (χ0v) is 13.3. The second-order valence-corrected chi connectivity index (χ2v) is 5.13. The van der Waals surface area contributed by atoms with Crippen molar-refractivity contribution in [2.24, 2.45) is 5.73 Å². The molecule has 2 aromatic carbocycles. The monoisotopic (exact) mass is 342 g/mol. The highest BCUT2D eigenvalue weighted by Gasteiger charge is 2.17. The Morgan fingerprint density at radius 2 is 2.00 bits per heavy atom. The van der Waals surface area contributed by atoms with Crippen molar-refractivity contribution in [2.45, 2.75) is 6.61 Å². The molecular formula is C17H15FN4O3. The van der Waals surface area contributed by atoms with Crippen molar-refractivity contribution in [3.63, 3.8) is 0 Å². The number of nitrogens with zero attached hydrogens (tertiary/aromatic N) is 2. The molecule has 1 amide bonds. The van der Waals surface area contributed by atoms with Crippen LogP contribution in [-0.2, 0) is 6.61 Å². The summed E-state index contributed by atoms with van der Waals surface area (Å²) in [7, 11) is 1.52. The van der Waals surface area contributed by atoms with Crippen molar-refractivity contribution in [1.82, 2.24) is 15.4 Å². The summed E-state index contributed by atoms with van der Waals surface area (Å²) in [6.45, 7) is 0.0711. The topological polar surface area (TPSA) is 103 Å². The molecule has 3 rings (SSSR count). The minimum atomic E-state index is -0.691. The van der Waals surface area contributed by atoms with E-state index in [1.54, 1.807) is 30.3 Å². The lowest BCUT2D eigenvalue weighted by Crippen LogP contribution is -2.12. The van der Waals surface area contributed by atoms with Gasteiger partial charge < -0.3 is 15.2 Å². The van der Waals surface area contributed by atoms with Crippen LogP contribution in [0, 0.1) is 5.82 Å². The van der Waals surface area contributed by atoms with E-state index in [4.69, 9.17) is 15.2 Å². The SMILES string of the molecule is COc1ccc(-c2n[nH]nc2C(N)=O)cc1COc1ccccc1F. The van der Waals surface area contributed by atoms with Gasteiger partial charge in [-0.3, -0.25) is 4.79 Å². The van der Waals surface area contributed by atoms with E-state index in [0.29, 0.717) is 22.6 Å². The molecule has 1 heterocycles. The molecule has 0 bridgehead atoms. The van der Waals surface area contributed by atoms with E-state index in [-0.39, 0.29) is 18.1 Å².